The lowest BCUT2D eigenvalue weighted by atomic mass is 9.84. The van der Waals surface area contributed by atoms with Crippen LogP contribution < -0.4 is 5.32 Å². The number of hydrogen-bond acceptors (Lipinski definition) is 3. The first-order valence-corrected chi connectivity index (χ1v) is 7.03. The number of amides is 1. The van der Waals surface area contributed by atoms with E-state index >= 15 is 0 Å². The number of hydrogen-bond donors (Lipinski definition) is 2. The monoisotopic (exact) mass is 283 g/mol. The Balaban J connectivity index is 4.63. The normalized spacial score (nSPS) is 16.6. The summed E-state index contributed by atoms with van der Waals surface area (Å²) in [6.45, 7) is 13.4. The van der Waals surface area contributed by atoms with Crippen LogP contribution in [-0.4, -0.2) is 28.9 Å². The number of carbonyl (C=O) groups excluding carboxylic acids is 1. The predicted molar refractivity (Wildman–Crippen MR) is 82.7 cm³/mol. The summed E-state index contributed by atoms with van der Waals surface area (Å²) in [7, 11) is 0. The van der Waals surface area contributed by atoms with Gasteiger partial charge in [-0.1, -0.05) is 12.2 Å². The predicted octanol–water partition coefficient (Wildman–Crippen LogP) is 3.56. The van der Waals surface area contributed by atoms with Gasteiger partial charge in [-0.25, -0.2) is 4.79 Å². The van der Waals surface area contributed by atoms with Crippen molar-refractivity contribution in [1.82, 2.24) is 5.32 Å². The molecule has 0 aromatic carbocycles. The number of ether oxygens (including phenoxy) is 1. The average Bonchev–Trinajstić information content (AvgIpc) is 2.34. The van der Waals surface area contributed by atoms with Crippen LogP contribution in [0.1, 0.15) is 54.9 Å². The second kappa shape index (κ2) is 7.48. The Morgan fingerprint density at radius 3 is 1.95 bits per heavy atom. The first kappa shape index (κ1) is 18.7. The van der Waals surface area contributed by atoms with Crippen LogP contribution in [0, 0.1) is 0 Å². The summed E-state index contributed by atoms with van der Waals surface area (Å²) in [5.74, 6) is 0. The van der Waals surface area contributed by atoms with Gasteiger partial charge in [0.25, 0.3) is 0 Å². The lowest BCUT2D eigenvalue weighted by Crippen LogP contribution is -2.39. The molecule has 0 aromatic rings. The Kier molecular flexibility index (Phi) is 7.00. The van der Waals surface area contributed by atoms with E-state index in [-0.39, 0.29) is 0 Å². The van der Waals surface area contributed by atoms with E-state index in [1.807, 2.05) is 60.6 Å². The molecule has 0 unspecified atom stereocenters. The van der Waals surface area contributed by atoms with E-state index in [2.05, 4.69) is 5.32 Å². The molecule has 0 aromatic heterocycles. The van der Waals surface area contributed by atoms with E-state index < -0.39 is 17.3 Å². The average molecular weight is 283 g/mol. The molecule has 0 bridgehead atoms. The topological polar surface area (TPSA) is 58.6 Å². The molecule has 4 heteroatoms. The minimum atomic E-state index is -1.02. The summed E-state index contributed by atoms with van der Waals surface area (Å²) in [6.07, 6.45) is 3.73. The molecule has 0 aliphatic carbocycles. The molecule has 0 saturated carbocycles. The van der Waals surface area contributed by atoms with Crippen LogP contribution in [0.5, 0.6) is 0 Å². The van der Waals surface area contributed by atoms with Crippen molar-refractivity contribution >= 4 is 6.09 Å². The van der Waals surface area contributed by atoms with Crippen molar-refractivity contribution in [3.63, 3.8) is 0 Å². The van der Waals surface area contributed by atoms with Crippen LogP contribution in [0.3, 0.4) is 0 Å². The van der Waals surface area contributed by atoms with E-state index in [0.717, 1.165) is 11.1 Å². The van der Waals surface area contributed by atoms with Gasteiger partial charge in [-0.3, -0.25) is 0 Å². The highest BCUT2D eigenvalue weighted by Gasteiger charge is 2.30. The van der Waals surface area contributed by atoms with Gasteiger partial charge < -0.3 is 15.2 Å². The maximum absolute atomic E-state index is 11.6. The Morgan fingerprint density at radius 1 is 1.15 bits per heavy atom. The van der Waals surface area contributed by atoms with Crippen molar-refractivity contribution in [1.29, 1.82) is 0 Å². The van der Waals surface area contributed by atoms with E-state index in [1.165, 1.54) is 0 Å². The third kappa shape index (κ3) is 5.78. The van der Waals surface area contributed by atoms with Crippen molar-refractivity contribution < 1.29 is 14.6 Å². The van der Waals surface area contributed by atoms with Crippen LogP contribution in [0.2, 0.25) is 0 Å². The van der Waals surface area contributed by atoms with Gasteiger partial charge in [-0.15, -0.1) is 0 Å². The standard InChI is InChI=1S/C16H29NO3/c1-8-12(3)16(19,13(4)9-2)10-11-17-14(18)20-15(5,6)7/h8-9,19H,10-11H2,1-7H3,(H,17,18)/b12-8+,13-9+. The lowest BCUT2D eigenvalue weighted by molar-refractivity contribution is 0.0505. The first-order chi connectivity index (χ1) is 9.06. The van der Waals surface area contributed by atoms with Crippen LogP contribution >= 0.6 is 0 Å². The fourth-order valence-electron chi connectivity index (χ4n) is 1.84. The van der Waals surface area contributed by atoms with E-state index in [1.54, 1.807) is 0 Å². The van der Waals surface area contributed by atoms with Gasteiger partial charge in [0.05, 0.1) is 0 Å². The molecule has 0 spiro atoms. The van der Waals surface area contributed by atoms with Gasteiger partial charge in [0.2, 0.25) is 0 Å². The van der Waals surface area contributed by atoms with Crippen molar-refractivity contribution in [2.45, 2.75) is 66.1 Å². The Labute approximate surface area is 122 Å². The molecule has 0 heterocycles. The summed E-state index contributed by atoms with van der Waals surface area (Å²) >= 11 is 0. The zero-order valence-electron chi connectivity index (χ0n) is 13.8. The Bertz CT molecular complexity index is 371. The third-order valence-corrected chi connectivity index (χ3v) is 3.33. The van der Waals surface area contributed by atoms with Crippen molar-refractivity contribution in [2.75, 3.05) is 6.54 Å². The highest BCUT2D eigenvalue weighted by molar-refractivity contribution is 5.67. The molecule has 0 saturated heterocycles. The molecular weight excluding hydrogens is 254 g/mol. The molecule has 0 rings (SSSR count). The molecule has 4 nitrogen and oxygen atoms in total. The van der Waals surface area contributed by atoms with Crippen LogP contribution in [0.25, 0.3) is 0 Å². The number of aliphatic hydroxyl groups is 1. The SMILES string of the molecule is C/C=C(\C)C(O)(CCNC(=O)OC(C)(C)C)/C(C)=C/C. The maximum Gasteiger partial charge on any atom is 0.407 e. The molecule has 0 fully saturated rings. The van der Waals surface area contributed by atoms with Crippen molar-refractivity contribution in [2.24, 2.45) is 0 Å². The molecule has 20 heavy (non-hydrogen) atoms. The number of carbonyl (C=O) groups is 1. The first-order valence-electron chi connectivity index (χ1n) is 7.03. The molecular formula is C16H29NO3. The minimum absolute atomic E-state index is 0.349. The summed E-state index contributed by atoms with van der Waals surface area (Å²) in [6, 6.07) is 0. The zero-order valence-corrected chi connectivity index (χ0v) is 13.8. The van der Waals surface area contributed by atoms with E-state index in [9.17, 15) is 9.90 Å². The summed E-state index contributed by atoms with van der Waals surface area (Å²) < 4.78 is 5.17. The smallest absolute Gasteiger partial charge is 0.407 e. The number of allylic oxidation sites excluding steroid dienone is 2. The van der Waals surface area contributed by atoms with E-state index in [4.69, 9.17) is 4.74 Å². The second-order valence-corrected chi connectivity index (χ2v) is 5.98. The molecule has 0 aliphatic rings. The highest BCUT2D eigenvalue weighted by Crippen LogP contribution is 2.28. The molecule has 0 radical (unpaired) electrons. The number of nitrogens with one attached hydrogen (secondary N) is 1. The van der Waals surface area contributed by atoms with Gasteiger partial charge in [0.15, 0.2) is 0 Å². The number of rotatable bonds is 5. The van der Waals surface area contributed by atoms with Gasteiger partial charge in [0.1, 0.15) is 11.2 Å². The quantitative estimate of drug-likeness (QED) is 0.758. The zero-order chi connectivity index (χ0) is 16.0. The lowest BCUT2D eigenvalue weighted by Gasteiger charge is -2.31. The minimum Gasteiger partial charge on any atom is -0.444 e. The third-order valence-electron chi connectivity index (χ3n) is 3.33. The van der Waals surface area contributed by atoms with Crippen molar-refractivity contribution in [3.05, 3.63) is 23.3 Å². The van der Waals surface area contributed by atoms with Crippen molar-refractivity contribution in [3.8, 4) is 0 Å². The summed E-state index contributed by atoms with van der Waals surface area (Å²) in [4.78, 5) is 11.6. The molecule has 116 valence electrons. The summed E-state index contributed by atoms with van der Waals surface area (Å²) in [5, 5.41) is 13.4. The Morgan fingerprint density at radius 2 is 1.60 bits per heavy atom. The maximum atomic E-state index is 11.6. The Hall–Kier alpha value is -1.29. The van der Waals surface area contributed by atoms with Gasteiger partial charge in [0, 0.05) is 13.0 Å². The molecule has 1 amide bonds. The number of alkyl carbamates (subject to hydrolysis) is 1. The van der Waals surface area contributed by atoms with E-state index in [0.29, 0.717) is 13.0 Å². The van der Waals surface area contributed by atoms with Crippen LogP contribution in [0.4, 0.5) is 4.79 Å². The van der Waals surface area contributed by atoms with Crippen LogP contribution in [-0.2, 0) is 4.74 Å². The fourth-order valence-corrected chi connectivity index (χ4v) is 1.84. The fraction of sp³-hybridized carbons (Fsp3) is 0.688. The highest BCUT2D eigenvalue weighted by atomic mass is 16.6. The van der Waals surface area contributed by atoms with Crippen LogP contribution in [0.15, 0.2) is 23.3 Å². The van der Waals surface area contributed by atoms with Gasteiger partial charge >= 0.3 is 6.09 Å². The summed E-state index contributed by atoms with van der Waals surface area (Å²) in [5.41, 5.74) is 0.218. The van der Waals surface area contributed by atoms with Gasteiger partial charge in [-0.2, -0.15) is 0 Å². The molecule has 2 N–H and O–H groups in total. The molecule has 0 aliphatic heterocycles. The van der Waals surface area contributed by atoms with Gasteiger partial charge in [-0.05, 0) is 59.6 Å². The largest absolute Gasteiger partial charge is 0.444 e. The molecule has 0 atom stereocenters. The second-order valence-electron chi connectivity index (χ2n) is 5.98.